The molecule has 0 spiro atoms. The van der Waals surface area contributed by atoms with Crippen molar-refractivity contribution < 1.29 is 9.18 Å². The Bertz CT molecular complexity index is 581. The van der Waals surface area contributed by atoms with Crippen molar-refractivity contribution in [2.45, 2.75) is 12.8 Å². The van der Waals surface area contributed by atoms with E-state index in [2.05, 4.69) is 0 Å². The van der Waals surface area contributed by atoms with Crippen LogP contribution in [0.4, 0.5) is 4.39 Å². The number of Topliss-reactive ketones (excluding diaryl/α,β-unsaturated/α-hetero) is 1. The summed E-state index contributed by atoms with van der Waals surface area (Å²) in [5.74, 6) is -0.855. The largest absolute Gasteiger partial charge is 0.298 e. The number of halogens is 2. The zero-order valence-electron chi connectivity index (χ0n) is 10.6. The molecule has 0 bridgehead atoms. The van der Waals surface area contributed by atoms with Crippen molar-refractivity contribution in [1.29, 1.82) is 0 Å². The summed E-state index contributed by atoms with van der Waals surface area (Å²) >= 11 is 5.52. The molecule has 19 heavy (non-hydrogen) atoms. The van der Waals surface area contributed by atoms with Gasteiger partial charge in [-0.3, -0.25) is 4.79 Å². The van der Waals surface area contributed by atoms with Gasteiger partial charge >= 0.3 is 0 Å². The number of rotatable bonds is 4. The average molecular weight is 277 g/mol. The van der Waals surface area contributed by atoms with Gasteiger partial charge in [0.25, 0.3) is 0 Å². The monoisotopic (exact) mass is 276 g/mol. The van der Waals surface area contributed by atoms with Crippen molar-refractivity contribution in [1.82, 2.24) is 0 Å². The van der Waals surface area contributed by atoms with E-state index in [0.717, 1.165) is 5.56 Å². The van der Waals surface area contributed by atoms with Gasteiger partial charge in [0.05, 0.1) is 5.88 Å². The number of benzene rings is 2. The summed E-state index contributed by atoms with van der Waals surface area (Å²) in [5, 5.41) is 0. The van der Waals surface area contributed by atoms with Gasteiger partial charge in [0.1, 0.15) is 5.82 Å². The lowest BCUT2D eigenvalue weighted by atomic mass is 9.94. The third-order valence-electron chi connectivity index (χ3n) is 3.19. The highest BCUT2D eigenvalue weighted by Gasteiger charge is 2.16. The minimum Gasteiger partial charge on any atom is -0.298 e. The molecule has 3 heteroatoms. The predicted molar refractivity (Wildman–Crippen MR) is 76.0 cm³/mol. The van der Waals surface area contributed by atoms with Crippen molar-refractivity contribution >= 4 is 17.4 Å². The summed E-state index contributed by atoms with van der Waals surface area (Å²) in [5.41, 5.74) is 2.01. The van der Waals surface area contributed by atoms with E-state index in [1.54, 1.807) is 19.1 Å². The number of carbonyl (C=O) groups excluding carboxylic acids is 1. The van der Waals surface area contributed by atoms with E-state index in [0.29, 0.717) is 11.1 Å². The molecule has 0 aliphatic heterocycles. The molecular formula is C16H14ClFO. The van der Waals surface area contributed by atoms with Crippen molar-refractivity contribution in [3.63, 3.8) is 0 Å². The van der Waals surface area contributed by atoms with Crippen LogP contribution in [0.25, 0.3) is 11.1 Å². The van der Waals surface area contributed by atoms with Crippen LogP contribution in [0.15, 0.2) is 48.5 Å². The Labute approximate surface area is 117 Å². The van der Waals surface area contributed by atoms with Gasteiger partial charge in [-0.2, -0.15) is 0 Å². The molecule has 0 heterocycles. The first-order valence-electron chi connectivity index (χ1n) is 6.07. The quantitative estimate of drug-likeness (QED) is 0.756. The molecule has 0 saturated heterocycles. The Hall–Kier alpha value is -1.67. The summed E-state index contributed by atoms with van der Waals surface area (Å²) < 4.78 is 14.1. The highest BCUT2D eigenvalue weighted by molar-refractivity contribution is 6.28. The summed E-state index contributed by atoms with van der Waals surface area (Å²) in [6, 6.07) is 14.2. The molecule has 1 unspecified atom stereocenters. The smallest absolute Gasteiger partial charge is 0.154 e. The predicted octanol–water partition coefficient (Wildman–Crippen LogP) is 4.40. The summed E-state index contributed by atoms with van der Waals surface area (Å²) in [7, 11) is 0. The van der Waals surface area contributed by atoms with Crippen LogP contribution in [-0.4, -0.2) is 11.7 Å². The van der Waals surface area contributed by atoms with E-state index in [1.165, 1.54) is 6.07 Å². The molecule has 1 nitrogen and oxygen atoms in total. The van der Waals surface area contributed by atoms with Gasteiger partial charge in [-0.1, -0.05) is 49.4 Å². The Balaban J connectivity index is 2.35. The molecule has 0 fully saturated rings. The molecule has 0 saturated carbocycles. The van der Waals surface area contributed by atoms with Crippen LogP contribution in [-0.2, 0) is 4.79 Å². The fourth-order valence-corrected chi connectivity index (χ4v) is 2.19. The van der Waals surface area contributed by atoms with Gasteiger partial charge in [-0.15, -0.1) is 11.6 Å². The fourth-order valence-electron chi connectivity index (χ4n) is 1.95. The van der Waals surface area contributed by atoms with Crippen LogP contribution in [0.1, 0.15) is 18.4 Å². The summed E-state index contributed by atoms with van der Waals surface area (Å²) in [4.78, 5) is 11.5. The maximum atomic E-state index is 14.1. The molecule has 2 aromatic rings. The van der Waals surface area contributed by atoms with Gasteiger partial charge in [0.15, 0.2) is 5.78 Å². The second-order valence-corrected chi connectivity index (χ2v) is 4.69. The first-order chi connectivity index (χ1) is 9.13. The van der Waals surface area contributed by atoms with Crippen LogP contribution >= 0.6 is 11.6 Å². The molecule has 1 atom stereocenters. The molecule has 0 aliphatic rings. The SMILES string of the molecule is CC(C(=O)CCl)c1ccc(-c2ccccc2)c(F)c1. The Morgan fingerprint density at radius 1 is 1.21 bits per heavy atom. The maximum Gasteiger partial charge on any atom is 0.154 e. The summed E-state index contributed by atoms with van der Waals surface area (Å²) in [6.07, 6.45) is 0. The zero-order chi connectivity index (χ0) is 13.8. The molecule has 0 amide bonds. The highest BCUT2D eigenvalue weighted by atomic mass is 35.5. The van der Waals surface area contributed by atoms with E-state index in [9.17, 15) is 9.18 Å². The van der Waals surface area contributed by atoms with E-state index in [-0.39, 0.29) is 23.4 Å². The molecule has 98 valence electrons. The Morgan fingerprint density at radius 3 is 2.47 bits per heavy atom. The number of ketones is 1. The van der Waals surface area contributed by atoms with Crippen LogP contribution in [0.5, 0.6) is 0 Å². The lowest BCUT2D eigenvalue weighted by Crippen LogP contribution is -2.10. The topological polar surface area (TPSA) is 17.1 Å². The van der Waals surface area contributed by atoms with Crippen LogP contribution in [0.3, 0.4) is 0 Å². The standard InChI is InChI=1S/C16H14ClFO/c1-11(16(19)10-17)13-7-8-14(15(18)9-13)12-5-3-2-4-6-12/h2-9,11H,10H2,1H3. The van der Waals surface area contributed by atoms with Gasteiger partial charge < -0.3 is 0 Å². The van der Waals surface area contributed by atoms with Crippen molar-refractivity contribution in [2.75, 3.05) is 5.88 Å². The van der Waals surface area contributed by atoms with E-state index >= 15 is 0 Å². The first-order valence-corrected chi connectivity index (χ1v) is 6.60. The number of alkyl halides is 1. The molecule has 0 aromatic heterocycles. The minimum atomic E-state index is -0.378. The third-order valence-corrected chi connectivity index (χ3v) is 3.46. The number of hydrogen-bond donors (Lipinski definition) is 0. The second kappa shape index (κ2) is 5.98. The third kappa shape index (κ3) is 3.02. The molecule has 0 N–H and O–H groups in total. The lowest BCUT2D eigenvalue weighted by molar-refractivity contribution is -0.117. The highest BCUT2D eigenvalue weighted by Crippen LogP contribution is 2.26. The second-order valence-electron chi connectivity index (χ2n) is 4.43. The van der Waals surface area contributed by atoms with Crippen molar-refractivity contribution in [3.8, 4) is 11.1 Å². The number of hydrogen-bond acceptors (Lipinski definition) is 1. The fraction of sp³-hybridized carbons (Fsp3) is 0.188. The molecule has 0 aliphatic carbocycles. The molecule has 2 aromatic carbocycles. The van der Waals surface area contributed by atoms with Crippen molar-refractivity contribution in [3.05, 3.63) is 59.9 Å². The normalized spacial score (nSPS) is 12.2. The van der Waals surface area contributed by atoms with Gasteiger partial charge in [0.2, 0.25) is 0 Å². The van der Waals surface area contributed by atoms with Gasteiger partial charge in [-0.05, 0) is 17.2 Å². The summed E-state index contributed by atoms with van der Waals surface area (Å²) in [6.45, 7) is 1.74. The van der Waals surface area contributed by atoms with Crippen LogP contribution in [0, 0.1) is 5.82 Å². The van der Waals surface area contributed by atoms with E-state index < -0.39 is 0 Å². The lowest BCUT2D eigenvalue weighted by Gasteiger charge is -2.11. The van der Waals surface area contributed by atoms with Gasteiger partial charge in [0, 0.05) is 11.5 Å². The van der Waals surface area contributed by atoms with E-state index in [4.69, 9.17) is 11.6 Å². The Morgan fingerprint density at radius 2 is 1.89 bits per heavy atom. The number of carbonyl (C=O) groups is 1. The van der Waals surface area contributed by atoms with Crippen LogP contribution < -0.4 is 0 Å². The Kier molecular flexibility index (Phi) is 4.33. The van der Waals surface area contributed by atoms with Crippen molar-refractivity contribution in [2.24, 2.45) is 0 Å². The first kappa shape index (κ1) is 13.8. The molecular weight excluding hydrogens is 263 g/mol. The molecule has 0 radical (unpaired) electrons. The average Bonchev–Trinajstić information content (AvgIpc) is 2.46. The maximum absolute atomic E-state index is 14.1. The van der Waals surface area contributed by atoms with Gasteiger partial charge in [-0.25, -0.2) is 4.39 Å². The molecule has 2 rings (SSSR count). The zero-order valence-corrected chi connectivity index (χ0v) is 11.3. The van der Waals surface area contributed by atoms with E-state index in [1.807, 2.05) is 30.3 Å². The van der Waals surface area contributed by atoms with Crippen LogP contribution in [0.2, 0.25) is 0 Å². The minimum absolute atomic E-state index is 0.0524.